The Morgan fingerprint density at radius 3 is 2.62 bits per heavy atom. The maximum atomic E-state index is 12.7. The summed E-state index contributed by atoms with van der Waals surface area (Å²) in [6, 6.07) is 18.9. The summed E-state index contributed by atoms with van der Waals surface area (Å²) in [5.41, 5.74) is 2.71. The second-order valence-corrected chi connectivity index (χ2v) is 6.64. The SMILES string of the molecule is O=C(c1ccc(Cl)cc1)N1CCn2nc(OCc3ccccc3)cc2C1. The number of rotatable bonds is 4. The van der Waals surface area contributed by atoms with E-state index in [1.165, 1.54) is 0 Å². The first-order chi connectivity index (χ1) is 12.7. The van der Waals surface area contributed by atoms with Crippen molar-refractivity contribution in [3.63, 3.8) is 0 Å². The van der Waals surface area contributed by atoms with Gasteiger partial charge in [-0.05, 0) is 29.8 Å². The zero-order valence-electron chi connectivity index (χ0n) is 14.1. The summed E-state index contributed by atoms with van der Waals surface area (Å²) in [6.07, 6.45) is 0. The van der Waals surface area contributed by atoms with Crippen LogP contribution in [0.1, 0.15) is 21.6 Å². The van der Waals surface area contributed by atoms with E-state index in [0.29, 0.717) is 42.7 Å². The lowest BCUT2D eigenvalue weighted by Gasteiger charge is -2.27. The summed E-state index contributed by atoms with van der Waals surface area (Å²) < 4.78 is 7.70. The minimum Gasteiger partial charge on any atom is -0.472 e. The summed E-state index contributed by atoms with van der Waals surface area (Å²) >= 11 is 5.90. The molecular weight excluding hydrogens is 350 g/mol. The smallest absolute Gasteiger partial charge is 0.254 e. The molecule has 1 aliphatic rings. The van der Waals surface area contributed by atoms with Crippen LogP contribution in [0.2, 0.25) is 5.02 Å². The van der Waals surface area contributed by atoms with Crippen molar-refractivity contribution >= 4 is 17.5 Å². The Labute approximate surface area is 156 Å². The first kappa shape index (κ1) is 16.7. The molecule has 3 aromatic rings. The fourth-order valence-corrected chi connectivity index (χ4v) is 3.12. The van der Waals surface area contributed by atoms with Crippen LogP contribution in [-0.4, -0.2) is 27.1 Å². The Morgan fingerprint density at radius 1 is 1.08 bits per heavy atom. The topological polar surface area (TPSA) is 47.4 Å². The summed E-state index contributed by atoms with van der Waals surface area (Å²) in [6.45, 7) is 2.27. The first-order valence-corrected chi connectivity index (χ1v) is 8.85. The van der Waals surface area contributed by atoms with E-state index in [-0.39, 0.29) is 5.91 Å². The molecule has 0 unspecified atom stereocenters. The number of carbonyl (C=O) groups is 1. The molecular formula is C20H18ClN3O2. The molecule has 0 aliphatic carbocycles. The van der Waals surface area contributed by atoms with Gasteiger partial charge in [-0.1, -0.05) is 41.9 Å². The molecule has 4 rings (SSSR count). The molecule has 26 heavy (non-hydrogen) atoms. The third-order valence-corrected chi connectivity index (χ3v) is 4.64. The summed E-state index contributed by atoms with van der Waals surface area (Å²) in [4.78, 5) is 14.5. The van der Waals surface area contributed by atoms with Crippen LogP contribution in [0.3, 0.4) is 0 Å². The quantitative estimate of drug-likeness (QED) is 0.705. The second kappa shape index (κ2) is 7.22. The van der Waals surface area contributed by atoms with Crippen LogP contribution in [-0.2, 0) is 19.7 Å². The van der Waals surface area contributed by atoms with E-state index in [0.717, 1.165) is 11.3 Å². The highest BCUT2D eigenvalue weighted by atomic mass is 35.5. The monoisotopic (exact) mass is 367 g/mol. The third-order valence-electron chi connectivity index (χ3n) is 4.38. The molecule has 0 spiro atoms. The van der Waals surface area contributed by atoms with Gasteiger partial charge in [-0.25, -0.2) is 0 Å². The number of halogens is 1. The number of fused-ring (bicyclic) bond motifs is 1. The molecule has 5 nitrogen and oxygen atoms in total. The number of hydrogen-bond donors (Lipinski definition) is 0. The van der Waals surface area contributed by atoms with Gasteiger partial charge < -0.3 is 9.64 Å². The molecule has 0 fully saturated rings. The number of carbonyl (C=O) groups excluding carboxylic acids is 1. The highest BCUT2D eigenvalue weighted by Gasteiger charge is 2.23. The van der Waals surface area contributed by atoms with Crippen molar-refractivity contribution in [1.82, 2.24) is 14.7 Å². The maximum Gasteiger partial charge on any atom is 0.254 e. The Balaban J connectivity index is 1.43. The predicted octanol–water partition coefficient (Wildman–Crippen LogP) is 3.77. The molecule has 6 heteroatoms. The van der Waals surface area contributed by atoms with Gasteiger partial charge in [0.1, 0.15) is 6.61 Å². The Bertz CT molecular complexity index is 907. The van der Waals surface area contributed by atoms with Crippen molar-refractivity contribution in [2.45, 2.75) is 19.7 Å². The van der Waals surface area contributed by atoms with Crippen LogP contribution in [0.5, 0.6) is 5.88 Å². The van der Waals surface area contributed by atoms with E-state index in [1.807, 2.05) is 46.0 Å². The van der Waals surface area contributed by atoms with Crippen LogP contribution in [0.15, 0.2) is 60.7 Å². The van der Waals surface area contributed by atoms with Crippen molar-refractivity contribution in [3.05, 3.63) is 82.5 Å². The van der Waals surface area contributed by atoms with Crippen molar-refractivity contribution in [2.75, 3.05) is 6.54 Å². The highest BCUT2D eigenvalue weighted by molar-refractivity contribution is 6.30. The van der Waals surface area contributed by atoms with Crippen LogP contribution in [0.4, 0.5) is 0 Å². The second-order valence-electron chi connectivity index (χ2n) is 6.20. The number of hydrogen-bond acceptors (Lipinski definition) is 3. The maximum absolute atomic E-state index is 12.7. The zero-order chi connectivity index (χ0) is 17.9. The molecule has 2 heterocycles. The highest BCUT2D eigenvalue weighted by Crippen LogP contribution is 2.21. The van der Waals surface area contributed by atoms with Crippen LogP contribution in [0.25, 0.3) is 0 Å². The fourth-order valence-electron chi connectivity index (χ4n) is 2.99. The molecule has 0 N–H and O–H groups in total. The number of benzene rings is 2. The molecule has 0 saturated heterocycles. The molecule has 1 aromatic heterocycles. The molecule has 1 aliphatic heterocycles. The lowest BCUT2D eigenvalue weighted by Crippen LogP contribution is -2.38. The average molecular weight is 368 g/mol. The molecule has 1 amide bonds. The molecule has 0 saturated carbocycles. The third kappa shape index (κ3) is 3.58. The Hall–Kier alpha value is -2.79. The van der Waals surface area contributed by atoms with Gasteiger partial charge in [-0.15, -0.1) is 5.10 Å². The fraction of sp³-hybridized carbons (Fsp3) is 0.200. The first-order valence-electron chi connectivity index (χ1n) is 8.47. The predicted molar refractivity (Wildman–Crippen MR) is 99.2 cm³/mol. The van der Waals surface area contributed by atoms with E-state index in [9.17, 15) is 4.79 Å². The Morgan fingerprint density at radius 2 is 1.85 bits per heavy atom. The van der Waals surface area contributed by atoms with Gasteiger partial charge in [0.15, 0.2) is 0 Å². The van der Waals surface area contributed by atoms with E-state index < -0.39 is 0 Å². The minimum absolute atomic E-state index is 0.000806. The normalized spacial score (nSPS) is 13.3. The van der Waals surface area contributed by atoms with Gasteiger partial charge in [0.05, 0.1) is 18.8 Å². The number of aromatic nitrogens is 2. The molecule has 2 aromatic carbocycles. The van der Waals surface area contributed by atoms with Gasteiger partial charge in [0.25, 0.3) is 5.91 Å². The largest absolute Gasteiger partial charge is 0.472 e. The Kier molecular flexibility index (Phi) is 4.63. The number of ether oxygens (including phenoxy) is 1. The van der Waals surface area contributed by atoms with Gasteiger partial charge in [0.2, 0.25) is 5.88 Å². The van der Waals surface area contributed by atoms with E-state index in [4.69, 9.17) is 16.3 Å². The van der Waals surface area contributed by atoms with Crippen LogP contribution < -0.4 is 4.74 Å². The van der Waals surface area contributed by atoms with Gasteiger partial charge in [-0.2, -0.15) is 0 Å². The summed E-state index contributed by atoms with van der Waals surface area (Å²) in [5, 5.41) is 5.11. The molecule has 132 valence electrons. The van der Waals surface area contributed by atoms with Crippen molar-refractivity contribution in [1.29, 1.82) is 0 Å². The molecule has 0 atom stereocenters. The standard InChI is InChI=1S/C20H18ClN3O2/c21-17-8-6-16(7-9-17)20(25)23-10-11-24-18(13-23)12-19(22-24)26-14-15-4-2-1-3-5-15/h1-9,12H,10-11,13-14H2. The minimum atomic E-state index is 0.000806. The zero-order valence-corrected chi connectivity index (χ0v) is 14.9. The molecule has 0 radical (unpaired) electrons. The summed E-state index contributed by atoms with van der Waals surface area (Å²) in [5.74, 6) is 0.588. The van der Waals surface area contributed by atoms with Crippen molar-refractivity contribution in [2.24, 2.45) is 0 Å². The van der Waals surface area contributed by atoms with Gasteiger partial charge in [-0.3, -0.25) is 9.48 Å². The lowest BCUT2D eigenvalue weighted by molar-refractivity contribution is 0.0706. The van der Waals surface area contributed by atoms with Crippen LogP contribution in [0, 0.1) is 0 Å². The van der Waals surface area contributed by atoms with Crippen LogP contribution >= 0.6 is 11.6 Å². The lowest BCUT2D eigenvalue weighted by atomic mass is 10.2. The number of nitrogens with zero attached hydrogens (tertiary/aromatic N) is 3. The van der Waals surface area contributed by atoms with Crippen molar-refractivity contribution in [3.8, 4) is 5.88 Å². The van der Waals surface area contributed by atoms with Crippen molar-refractivity contribution < 1.29 is 9.53 Å². The van der Waals surface area contributed by atoms with E-state index >= 15 is 0 Å². The van der Waals surface area contributed by atoms with Gasteiger partial charge in [0, 0.05) is 23.2 Å². The number of amides is 1. The van der Waals surface area contributed by atoms with Gasteiger partial charge >= 0.3 is 0 Å². The average Bonchev–Trinajstić information content (AvgIpc) is 3.09. The van der Waals surface area contributed by atoms with E-state index in [2.05, 4.69) is 5.10 Å². The summed E-state index contributed by atoms with van der Waals surface area (Å²) in [7, 11) is 0. The molecule has 0 bridgehead atoms. The van der Waals surface area contributed by atoms with E-state index in [1.54, 1.807) is 24.3 Å².